The molecule has 5 nitrogen and oxygen atoms in total. The lowest BCUT2D eigenvalue weighted by molar-refractivity contribution is 0.0505. The minimum Gasteiger partial charge on any atom is -0.490 e. The van der Waals surface area contributed by atoms with Crippen LogP contribution < -0.4 is 10.5 Å². The lowest BCUT2D eigenvalue weighted by atomic mass is 10.1. The molecule has 2 N–H and O–H groups in total. The molecule has 1 saturated heterocycles. The Balaban J connectivity index is 1.82. The first-order valence-electron chi connectivity index (χ1n) is 8.12. The van der Waals surface area contributed by atoms with Crippen molar-refractivity contribution >= 4 is 11.7 Å². The fraction of sp³-hybridized carbons (Fsp3) is 0.588. The number of ether oxygens (including phenoxy) is 2. The molecule has 1 aromatic rings. The number of piperidine rings is 1. The van der Waals surface area contributed by atoms with E-state index in [1.807, 2.05) is 6.92 Å². The van der Waals surface area contributed by atoms with Crippen molar-refractivity contribution in [2.24, 2.45) is 0 Å². The van der Waals surface area contributed by atoms with Crippen LogP contribution in [0.5, 0.6) is 5.75 Å². The molecular formula is C17H26N2O3. The molecule has 0 atom stereocenters. The van der Waals surface area contributed by atoms with Gasteiger partial charge in [-0.2, -0.15) is 0 Å². The molecule has 0 aliphatic carbocycles. The Bertz CT molecular complexity index is 485. The highest BCUT2D eigenvalue weighted by molar-refractivity contribution is 5.91. The van der Waals surface area contributed by atoms with Gasteiger partial charge in [-0.1, -0.05) is 13.3 Å². The summed E-state index contributed by atoms with van der Waals surface area (Å²) in [6.07, 6.45) is 4.69. The van der Waals surface area contributed by atoms with Gasteiger partial charge in [0.2, 0.25) is 0 Å². The first-order valence-corrected chi connectivity index (χ1v) is 8.12. The Morgan fingerprint density at radius 2 is 2.00 bits per heavy atom. The maximum atomic E-state index is 11.8. The molecule has 1 aromatic carbocycles. The van der Waals surface area contributed by atoms with Crippen molar-refractivity contribution < 1.29 is 14.3 Å². The number of carbonyl (C=O) groups excluding carboxylic acids is 1. The van der Waals surface area contributed by atoms with Gasteiger partial charge >= 0.3 is 5.97 Å². The Labute approximate surface area is 132 Å². The van der Waals surface area contributed by atoms with E-state index in [0.717, 1.165) is 26.1 Å². The van der Waals surface area contributed by atoms with Gasteiger partial charge < -0.3 is 15.2 Å². The fourth-order valence-corrected chi connectivity index (χ4v) is 2.55. The molecule has 2 rings (SSSR count). The van der Waals surface area contributed by atoms with E-state index in [-0.39, 0.29) is 5.97 Å². The van der Waals surface area contributed by atoms with E-state index >= 15 is 0 Å². The van der Waals surface area contributed by atoms with E-state index in [2.05, 4.69) is 4.90 Å². The third-order valence-electron chi connectivity index (χ3n) is 3.80. The number of nitrogens with zero attached hydrogens (tertiary/aromatic N) is 1. The lowest BCUT2D eigenvalue weighted by Crippen LogP contribution is -2.33. The first kappa shape index (κ1) is 16.6. The standard InChI is InChI=1S/C17H26N2O3/c1-2-11-22-17(20)14-6-7-16(15(18)13-14)21-12-10-19-8-4-3-5-9-19/h6-7,13H,2-5,8-12,18H2,1H3. The lowest BCUT2D eigenvalue weighted by Gasteiger charge is -2.26. The number of nitrogens with two attached hydrogens (primary N) is 1. The number of rotatable bonds is 7. The minimum atomic E-state index is -0.339. The van der Waals surface area contributed by atoms with Gasteiger partial charge in [0.25, 0.3) is 0 Å². The van der Waals surface area contributed by atoms with Crippen LogP contribution in [0.25, 0.3) is 0 Å². The van der Waals surface area contributed by atoms with Crippen molar-refractivity contribution in [3.63, 3.8) is 0 Å². The third-order valence-corrected chi connectivity index (χ3v) is 3.80. The average Bonchev–Trinajstić information content (AvgIpc) is 2.55. The predicted molar refractivity (Wildman–Crippen MR) is 87.2 cm³/mol. The van der Waals surface area contributed by atoms with Crippen molar-refractivity contribution in [3.8, 4) is 5.75 Å². The van der Waals surface area contributed by atoms with Crippen LogP contribution >= 0.6 is 0 Å². The van der Waals surface area contributed by atoms with Crippen LogP contribution in [0.3, 0.4) is 0 Å². The minimum absolute atomic E-state index is 0.339. The molecule has 1 heterocycles. The van der Waals surface area contributed by atoms with Gasteiger partial charge in [-0.05, 0) is 50.6 Å². The number of hydrogen-bond donors (Lipinski definition) is 1. The van der Waals surface area contributed by atoms with Crippen molar-refractivity contribution in [2.45, 2.75) is 32.6 Å². The molecule has 0 bridgehead atoms. The number of nitrogen functional groups attached to an aromatic ring is 1. The van der Waals surface area contributed by atoms with Gasteiger partial charge in [-0.25, -0.2) is 4.79 Å². The van der Waals surface area contributed by atoms with Gasteiger partial charge in [0.1, 0.15) is 12.4 Å². The summed E-state index contributed by atoms with van der Waals surface area (Å²) in [6.45, 7) is 6.22. The number of carbonyl (C=O) groups is 1. The second-order valence-corrected chi connectivity index (χ2v) is 5.64. The van der Waals surface area contributed by atoms with Gasteiger partial charge in [0, 0.05) is 6.54 Å². The fourth-order valence-electron chi connectivity index (χ4n) is 2.55. The number of benzene rings is 1. The predicted octanol–water partition coefficient (Wildman–Crippen LogP) is 2.70. The zero-order valence-corrected chi connectivity index (χ0v) is 13.3. The zero-order chi connectivity index (χ0) is 15.8. The van der Waals surface area contributed by atoms with Crippen molar-refractivity contribution in [3.05, 3.63) is 23.8 Å². The normalized spacial score (nSPS) is 15.5. The second-order valence-electron chi connectivity index (χ2n) is 5.64. The van der Waals surface area contributed by atoms with Crippen molar-refractivity contribution in [2.75, 3.05) is 38.6 Å². The number of hydrogen-bond acceptors (Lipinski definition) is 5. The summed E-state index contributed by atoms with van der Waals surface area (Å²) in [4.78, 5) is 14.2. The van der Waals surface area contributed by atoms with Gasteiger partial charge in [-0.3, -0.25) is 4.90 Å². The van der Waals surface area contributed by atoms with E-state index in [1.165, 1.54) is 19.3 Å². The molecule has 1 fully saturated rings. The summed E-state index contributed by atoms with van der Waals surface area (Å²) < 4.78 is 10.8. The molecule has 1 aliphatic heterocycles. The zero-order valence-electron chi connectivity index (χ0n) is 13.3. The topological polar surface area (TPSA) is 64.8 Å². The van der Waals surface area contributed by atoms with E-state index in [4.69, 9.17) is 15.2 Å². The van der Waals surface area contributed by atoms with Gasteiger partial charge in [0.05, 0.1) is 17.9 Å². The van der Waals surface area contributed by atoms with E-state index in [0.29, 0.717) is 30.2 Å². The van der Waals surface area contributed by atoms with Crippen molar-refractivity contribution in [1.82, 2.24) is 4.90 Å². The Morgan fingerprint density at radius 1 is 1.23 bits per heavy atom. The molecule has 0 spiro atoms. The van der Waals surface area contributed by atoms with Crippen molar-refractivity contribution in [1.29, 1.82) is 0 Å². The molecule has 0 unspecified atom stereocenters. The van der Waals surface area contributed by atoms with Crippen LogP contribution in [-0.4, -0.2) is 43.7 Å². The number of likely N-dealkylation sites (tertiary alicyclic amines) is 1. The quantitative estimate of drug-likeness (QED) is 0.620. The third kappa shape index (κ3) is 4.91. The molecule has 0 aromatic heterocycles. The first-order chi connectivity index (χ1) is 10.7. The molecule has 1 aliphatic rings. The maximum Gasteiger partial charge on any atom is 0.338 e. The van der Waals surface area contributed by atoms with E-state index < -0.39 is 0 Å². The van der Waals surface area contributed by atoms with E-state index in [9.17, 15) is 4.79 Å². The summed E-state index contributed by atoms with van der Waals surface area (Å²) in [5.74, 6) is 0.289. The summed E-state index contributed by atoms with van der Waals surface area (Å²) >= 11 is 0. The van der Waals surface area contributed by atoms with Crippen LogP contribution in [0.4, 0.5) is 5.69 Å². The summed E-state index contributed by atoms with van der Waals surface area (Å²) in [5.41, 5.74) is 6.90. The highest BCUT2D eigenvalue weighted by Gasteiger charge is 2.12. The SMILES string of the molecule is CCCOC(=O)c1ccc(OCCN2CCCCC2)c(N)c1. The van der Waals surface area contributed by atoms with Crippen LogP contribution in [0.15, 0.2) is 18.2 Å². The molecule has 122 valence electrons. The second kappa shape index (κ2) is 8.63. The van der Waals surface area contributed by atoms with Crippen LogP contribution in [0.1, 0.15) is 43.0 Å². The smallest absolute Gasteiger partial charge is 0.338 e. The molecule has 0 amide bonds. The summed E-state index contributed by atoms with van der Waals surface area (Å²) in [7, 11) is 0. The van der Waals surface area contributed by atoms with Crippen LogP contribution in [0.2, 0.25) is 0 Å². The van der Waals surface area contributed by atoms with Gasteiger partial charge in [-0.15, -0.1) is 0 Å². The Morgan fingerprint density at radius 3 is 2.68 bits per heavy atom. The molecule has 0 saturated carbocycles. The van der Waals surface area contributed by atoms with Crippen LogP contribution in [0, 0.1) is 0 Å². The van der Waals surface area contributed by atoms with E-state index in [1.54, 1.807) is 18.2 Å². The Hall–Kier alpha value is -1.75. The number of anilines is 1. The highest BCUT2D eigenvalue weighted by atomic mass is 16.5. The monoisotopic (exact) mass is 306 g/mol. The average molecular weight is 306 g/mol. The maximum absolute atomic E-state index is 11.8. The highest BCUT2D eigenvalue weighted by Crippen LogP contribution is 2.23. The molecule has 5 heteroatoms. The van der Waals surface area contributed by atoms with Gasteiger partial charge in [0.15, 0.2) is 0 Å². The van der Waals surface area contributed by atoms with Crippen LogP contribution in [-0.2, 0) is 4.74 Å². The molecule has 22 heavy (non-hydrogen) atoms. The largest absolute Gasteiger partial charge is 0.490 e. The summed E-state index contributed by atoms with van der Waals surface area (Å²) in [5, 5.41) is 0. The Kier molecular flexibility index (Phi) is 6.52. The number of esters is 1. The molecule has 0 radical (unpaired) electrons. The summed E-state index contributed by atoms with van der Waals surface area (Å²) in [6, 6.07) is 5.06. The molecular weight excluding hydrogens is 280 g/mol.